The topological polar surface area (TPSA) is 98.5 Å². The van der Waals surface area contributed by atoms with Gasteiger partial charge in [-0.15, -0.1) is 0 Å². The number of benzene rings is 2. The highest BCUT2D eigenvalue weighted by Gasteiger charge is 2.17. The molecule has 0 saturated heterocycles. The first-order valence-corrected chi connectivity index (χ1v) is 9.89. The van der Waals surface area contributed by atoms with Crippen molar-refractivity contribution in [3.05, 3.63) is 65.3 Å². The van der Waals surface area contributed by atoms with E-state index in [1.165, 1.54) is 0 Å². The standard InChI is InChI=1S/C21H13ClN4O4S/c22-14-5-4-12(9-13(14)20-25-18-16(30-20)2-1-7-23-18)24-21(31)26-19(27)11-3-6-15-17(8-11)29-10-28-15/h1-9H,10H2,(H2,24,26,27,31). The SMILES string of the molecule is O=C(NC(=S)Nc1ccc(Cl)c(-c2nc3ncccc3o2)c1)c1ccc2c(c1)OCO2. The molecule has 0 saturated carbocycles. The van der Waals surface area contributed by atoms with Gasteiger partial charge in [0, 0.05) is 17.4 Å². The maximum Gasteiger partial charge on any atom is 0.257 e. The van der Waals surface area contributed by atoms with Crippen LogP contribution in [0.4, 0.5) is 5.69 Å². The Kier molecular flexibility index (Phi) is 4.89. The molecule has 1 aliphatic heterocycles. The minimum Gasteiger partial charge on any atom is -0.454 e. The molecule has 1 aliphatic rings. The first kappa shape index (κ1) is 19.3. The Morgan fingerprint density at radius 3 is 2.84 bits per heavy atom. The van der Waals surface area contributed by atoms with Gasteiger partial charge in [-0.1, -0.05) is 11.6 Å². The monoisotopic (exact) mass is 452 g/mol. The molecule has 0 aliphatic carbocycles. The zero-order chi connectivity index (χ0) is 21.4. The lowest BCUT2D eigenvalue weighted by atomic mass is 10.2. The summed E-state index contributed by atoms with van der Waals surface area (Å²) in [4.78, 5) is 21.0. The van der Waals surface area contributed by atoms with Gasteiger partial charge in [-0.25, -0.2) is 4.98 Å². The molecule has 2 N–H and O–H groups in total. The maximum absolute atomic E-state index is 12.5. The van der Waals surface area contributed by atoms with Gasteiger partial charge in [-0.3, -0.25) is 10.1 Å². The van der Waals surface area contributed by atoms with Crippen LogP contribution in [0.25, 0.3) is 22.7 Å². The van der Waals surface area contributed by atoms with Crippen LogP contribution in [-0.2, 0) is 0 Å². The number of oxazole rings is 1. The number of fused-ring (bicyclic) bond motifs is 2. The third-order valence-corrected chi connectivity index (χ3v) is 5.02. The number of carbonyl (C=O) groups is 1. The minimum atomic E-state index is -0.380. The Balaban J connectivity index is 1.32. The summed E-state index contributed by atoms with van der Waals surface area (Å²) in [5.41, 5.74) is 2.60. The maximum atomic E-state index is 12.5. The quantitative estimate of drug-likeness (QED) is 0.441. The van der Waals surface area contributed by atoms with Gasteiger partial charge in [0.1, 0.15) is 0 Å². The predicted molar refractivity (Wildman–Crippen MR) is 119 cm³/mol. The molecule has 1 amide bonds. The molecule has 31 heavy (non-hydrogen) atoms. The number of halogens is 1. The fourth-order valence-corrected chi connectivity index (χ4v) is 3.44. The molecule has 2 aromatic heterocycles. The molecular weight excluding hydrogens is 440 g/mol. The molecular formula is C21H13ClN4O4S. The predicted octanol–water partition coefficient (Wildman–Crippen LogP) is 4.40. The number of ether oxygens (including phenoxy) is 2. The lowest BCUT2D eigenvalue weighted by Gasteiger charge is -2.11. The second kappa shape index (κ2) is 7.86. The van der Waals surface area contributed by atoms with Gasteiger partial charge in [-0.05, 0) is 60.7 Å². The van der Waals surface area contributed by atoms with Crippen molar-refractivity contribution in [2.45, 2.75) is 0 Å². The van der Waals surface area contributed by atoms with E-state index in [2.05, 4.69) is 20.6 Å². The van der Waals surface area contributed by atoms with Crippen LogP contribution in [0, 0.1) is 0 Å². The van der Waals surface area contributed by atoms with Crippen molar-refractivity contribution in [1.29, 1.82) is 0 Å². The average molecular weight is 453 g/mol. The summed E-state index contributed by atoms with van der Waals surface area (Å²) in [6.07, 6.45) is 1.63. The third-order valence-electron chi connectivity index (χ3n) is 4.48. The van der Waals surface area contributed by atoms with E-state index in [0.29, 0.717) is 50.5 Å². The zero-order valence-corrected chi connectivity index (χ0v) is 17.3. The Labute approximate surface area is 186 Å². The summed E-state index contributed by atoms with van der Waals surface area (Å²) in [6.45, 7) is 0.134. The molecule has 5 rings (SSSR count). The fourth-order valence-electron chi connectivity index (χ4n) is 3.03. The second-order valence-electron chi connectivity index (χ2n) is 6.52. The van der Waals surface area contributed by atoms with Crippen molar-refractivity contribution in [1.82, 2.24) is 15.3 Å². The summed E-state index contributed by atoms with van der Waals surface area (Å²) in [5.74, 6) is 1.06. The van der Waals surface area contributed by atoms with Crippen LogP contribution in [0.2, 0.25) is 5.02 Å². The van der Waals surface area contributed by atoms with Crippen molar-refractivity contribution in [3.8, 4) is 23.0 Å². The zero-order valence-electron chi connectivity index (χ0n) is 15.7. The Morgan fingerprint density at radius 1 is 1.10 bits per heavy atom. The Morgan fingerprint density at radius 2 is 1.97 bits per heavy atom. The molecule has 154 valence electrons. The van der Waals surface area contributed by atoms with E-state index >= 15 is 0 Å². The molecule has 0 fully saturated rings. The average Bonchev–Trinajstić information content (AvgIpc) is 3.41. The Hall–Kier alpha value is -3.69. The number of amides is 1. The second-order valence-corrected chi connectivity index (χ2v) is 7.33. The first-order valence-electron chi connectivity index (χ1n) is 9.10. The van der Waals surface area contributed by atoms with Gasteiger partial charge >= 0.3 is 0 Å². The highest BCUT2D eigenvalue weighted by atomic mass is 35.5. The molecule has 0 bridgehead atoms. The highest BCUT2D eigenvalue weighted by molar-refractivity contribution is 7.80. The molecule has 8 nitrogen and oxygen atoms in total. The molecule has 10 heteroatoms. The highest BCUT2D eigenvalue weighted by Crippen LogP contribution is 2.33. The number of nitrogens with one attached hydrogen (secondary N) is 2. The van der Waals surface area contributed by atoms with Crippen molar-refractivity contribution < 1.29 is 18.7 Å². The van der Waals surface area contributed by atoms with Crippen LogP contribution in [0.5, 0.6) is 11.5 Å². The number of rotatable bonds is 3. The number of nitrogens with zero attached hydrogens (tertiary/aromatic N) is 2. The number of hydrogen-bond donors (Lipinski definition) is 2. The molecule has 0 radical (unpaired) electrons. The van der Waals surface area contributed by atoms with Crippen molar-refractivity contribution >= 4 is 51.8 Å². The van der Waals surface area contributed by atoms with Gasteiger partial charge in [-0.2, -0.15) is 4.98 Å². The van der Waals surface area contributed by atoms with Crippen molar-refractivity contribution in [2.24, 2.45) is 0 Å². The van der Waals surface area contributed by atoms with Crippen molar-refractivity contribution in [3.63, 3.8) is 0 Å². The van der Waals surface area contributed by atoms with E-state index in [-0.39, 0.29) is 17.8 Å². The lowest BCUT2D eigenvalue weighted by molar-refractivity contribution is 0.0977. The largest absolute Gasteiger partial charge is 0.454 e. The van der Waals surface area contributed by atoms with Crippen LogP contribution < -0.4 is 20.1 Å². The fraction of sp³-hybridized carbons (Fsp3) is 0.0476. The molecule has 2 aromatic carbocycles. The summed E-state index contributed by atoms with van der Waals surface area (Å²) in [7, 11) is 0. The van der Waals surface area contributed by atoms with E-state index in [4.69, 9.17) is 37.7 Å². The van der Waals surface area contributed by atoms with Gasteiger partial charge in [0.25, 0.3) is 5.91 Å². The number of carbonyl (C=O) groups excluding carboxylic acids is 1. The number of thiocarbonyl (C=S) groups is 1. The normalized spacial score (nSPS) is 12.0. The summed E-state index contributed by atoms with van der Waals surface area (Å²) in [6, 6.07) is 13.6. The van der Waals surface area contributed by atoms with E-state index < -0.39 is 0 Å². The van der Waals surface area contributed by atoms with Gasteiger partial charge in [0.2, 0.25) is 12.7 Å². The molecule has 0 atom stereocenters. The van der Waals surface area contributed by atoms with Gasteiger partial charge < -0.3 is 19.2 Å². The third kappa shape index (κ3) is 3.88. The smallest absolute Gasteiger partial charge is 0.257 e. The summed E-state index contributed by atoms with van der Waals surface area (Å²) in [5, 5.41) is 6.17. The van der Waals surface area contributed by atoms with E-state index in [0.717, 1.165) is 0 Å². The molecule has 0 spiro atoms. The van der Waals surface area contributed by atoms with Crippen LogP contribution >= 0.6 is 23.8 Å². The minimum absolute atomic E-state index is 0.121. The number of hydrogen-bond acceptors (Lipinski definition) is 7. The molecule has 0 unspecified atom stereocenters. The summed E-state index contributed by atoms with van der Waals surface area (Å²) < 4.78 is 16.3. The van der Waals surface area contributed by atoms with Gasteiger partial charge in [0.15, 0.2) is 27.8 Å². The van der Waals surface area contributed by atoms with E-state index in [9.17, 15) is 4.79 Å². The van der Waals surface area contributed by atoms with Crippen LogP contribution in [0.3, 0.4) is 0 Å². The number of anilines is 1. The molecule has 4 aromatic rings. The van der Waals surface area contributed by atoms with Crippen LogP contribution in [0.1, 0.15) is 10.4 Å². The van der Waals surface area contributed by atoms with Gasteiger partial charge in [0.05, 0.1) is 10.6 Å². The Bertz CT molecular complexity index is 1310. The summed E-state index contributed by atoms with van der Waals surface area (Å²) >= 11 is 11.6. The van der Waals surface area contributed by atoms with Crippen LogP contribution in [0.15, 0.2) is 59.1 Å². The molecule has 3 heterocycles. The lowest BCUT2D eigenvalue weighted by Crippen LogP contribution is -2.34. The van der Waals surface area contributed by atoms with Crippen molar-refractivity contribution in [2.75, 3.05) is 12.1 Å². The van der Waals surface area contributed by atoms with E-state index in [1.807, 2.05) is 0 Å². The number of aromatic nitrogens is 2. The number of pyridine rings is 1. The van der Waals surface area contributed by atoms with Crippen LogP contribution in [-0.4, -0.2) is 27.8 Å². The van der Waals surface area contributed by atoms with E-state index in [1.54, 1.807) is 54.7 Å². The first-order chi connectivity index (χ1) is 15.1.